The van der Waals surface area contributed by atoms with E-state index in [9.17, 15) is 0 Å². The van der Waals surface area contributed by atoms with Crippen molar-refractivity contribution in [2.45, 2.75) is 40.0 Å². The van der Waals surface area contributed by atoms with Crippen LogP contribution in [0.15, 0.2) is 0 Å². The van der Waals surface area contributed by atoms with Gasteiger partial charge in [-0.1, -0.05) is 27.2 Å². The molecular weight excluding hydrogens is 132 g/mol. The number of hydrogen-bond donors (Lipinski definition) is 0. The number of hydrogen-bond acceptors (Lipinski definition) is 0. The molecule has 0 heteroatoms. The third-order valence-electron chi connectivity index (χ3n) is 5.28. The summed E-state index contributed by atoms with van der Waals surface area (Å²) in [6, 6.07) is 0. The van der Waals surface area contributed by atoms with Crippen LogP contribution in [0, 0.1) is 28.6 Å². The van der Waals surface area contributed by atoms with E-state index in [1.165, 1.54) is 18.8 Å². The van der Waals surface area contributed by atoms with Crippen molar-refractivity contribution >= 4 is 0 Å². The van der Waals surface area contributed by atoms with Crippen molar-refractivity contribution in [1.82, 2.24) is 0 Å². The molecule has 0 amide bonds. The molecular formula is C11H18. The first-order chi connectivity index (χ1) is 5.25. The summed E-state index contributed by atoms with van der Waals surface area (Å²) in [7, 11) is 0. The zero-order valence-corrected chi connectivity index (χ0v) is 7.85. The topological polar surface area (TPSA) is 0 Å². The van der Waals surface area contributed by atoms with Gasteiger partial charge in [-0.25, -0.2) is 0 Å². The lowest BCUT2D eigenvalue weighted by Crippen LogP contribution is -2.29. The average molecular weight is 150 g/mol. The van der Waals surface area contributed by atoms with Gasteiger partial charge in [0.2, 0.25) is 0 Å². The number of fused-ring (bicyclic) bond motifs is 1. The highest BCUT2D eigenvalue weighted by Gasteiger charge is 3.00. The van der Waals surface area contributed by atoms with Crippen molar-refractivity contribution in [2.75, 3.05) is 0 Å². The van der Waals surface area contributed by atoms with Crippen LogP contribution in [0.4, 0.5) is 0 Å². The van der Waals surface area contributed by atoms with Gasteiger partial charge in [0.25, 0.3) is 0 Å². The molecule has 0 aromatic rings. The van der Waals surface area contributed by atoms with Gasteiger partial charge in [-0.15, -0.1) is 0 Å². The standard InChI is InChI=1S/C11H18/c1-4-8-10(5-2)9-7(3)6-11(8,9)10/h7-9H,4-6H2,1-3H3. The van der Waals surface area contributed by atoms with E-state index in [2.05, 4.69) is 20.8 Å². The van der Waals surface area contributed by atoms with Crippen LogP contribution in [-0.4, -0.2) is 0 Å². The molecule has 3 aliphatic rings. The lowest BCUT2D eigenvalue weighted by Gasteiger charge is -2.35. The summed E-state index contributed by atoms with van der Waals surface area (Å²) in [5.41, 5.74) is 1.84. The highest BCUT2D eigenvalue weighted by molar-refractivity contribution is 5.46. The molecule has 0 aliphatic heterocycles. The Morgan fingerprint density at radius 3 is 2.45 bits per heavy atom. The van der Waals surface area contributed by atoms with Crippen LogP contribution in [-0.2, 0) is 0 Å². The summed E-state index contributed by atoms with van der Waals surface area (Å²) in [4.78, 5) is 0. The minimum absolute atomic E-state index is 0.904. The fourth-order valence-electron chi connectivity index (χ4n) is 5.26. The smallest absolute Gasteiger partial charge is 0.0162 e. The minimum atomic E-state index is 0.904. The van der Waals surface area contributed by atoms with Gasteiger partial charge in [0.05, 0.1) is 0 Å². The van der Waals surface area contributed by atoms with Gasteiger partial charge in [0.1, 0.15) is 0 Å². The zero-order chi connectivity index (χ0) is 7.85. The van der Waals surface area contributed by atoms with E-state index in [1.807, 2.05) is 0 Å². The third kappa shape index (κ3) is 0.346. The van der Waals surface area contributed by atoms with Crippen molar-refractivity contribution in [2.24, 2.45) is 28.6 Å². The second-order valence-corrected chi connectivity index (χ2v) is 5.05. The molecule has 62 valence electrons. The quantitative estimate of drug-likeness (QED) is 0.567. The monoisotopic (exact) mass is 150 g/mol. The summed E-state index contributed by atoms with van der Waals surface area (Å²) in [6.07, 6.45) is 4.50. The first kappa shape index (κ1) is 6.51. The molecule has 3 saturated carbocycles. The van der Waals surface area contributed by atoms with Crippen molar-refractivity contribution in [1.29, 1.82) is 0 Å². The molecule has 0 radical (unpaired) electrons. The van der Waals surface area contributed by atoms with Gasteiger partial charge in [-0.2, -0.15) is 0 Å². The van der Waals surface area contributed by atoms with Gasteiger partial charge in [-0.05, 0) is 41.4 Å². The maximum absolute atomic E-state index is 2.45. The van der Waals surface area contributed by atoms with E-state index in [1.54, 1.807) is 6.42 Å². The summed E-state index contributed by atoms with van der Waals surface area (Å²) >= 11 is 0. The fraction of sp³-hybridized carbons (Fsp3) is 1.00. The molecule has 3 rings (SSSR count). The van der Waals surface area contributed by atoms with Crippen LogP contribution in [0.1, 0.15) is 40.0 Å². The SMILES string of the molecule is CCC1C2(CC)C3C(C)CC132. The molecule has 0 heterocycles. The summed E-state index contributed by atoms with van der Waals surface area (Å²) in [5.74, 6) is 3.42. The molecule has 0 bridgehead atoms. The van der Waals surface area contributed by atoms with Crippen LogP contribution in [0.5, 0.6) is 0 Å². The van der Waals surface area contributed by atoms with Crippen LogP contribution in [0.2, 0.25) is 0 Å². The molecule has 0 aromatic heterocycles. The second kappa shape index (κ2) is 1.41. The summed E-state index contributed by atoms with van der Waals surface area (Å²) in [5, 5.41) is 0. The Labute approximate surface area is 69.4 Å². The zero-order valence-electron chi connectivity index (χ0n) is 7.85. The highest BCUT2D eigenvalue weighted by Crippen LogP contribution is 3.04. The second-order valence-electron chi connectivity index (χ2n) is 5.05. The van der Waals surface area contributed by atoms with E-state index in [4.69, 9.17) is 0 Å². The lowest BCUT2D eigenvalue weighted by molar-refractivity contribution is 0.126. The summed E-state index contributed by atoms with van der Waals surface area (Å²) in [6.45, 7) is 7.23. The van der Waals surface area contributed by atoms with Crippen molar-refractivity contribution < 1.29 is 0 Å². The average Bonchev–Trinajstić information content (AvgIpc) is 2.70. The minimum Gasteiger partial charge on any atom is -0.0651 e. The molecule has 0 saturated heterocycles. The molecule has 5 unspecified atom stereocenters. The Hall–Kier alpha value is 0. The predicted molar refractivity (Wildman–Crippen MR) is 46.2 cm³/mol. The maximum Gasteiger partial charge on any atom is -0.0162 e. The van der Waals surface area contributed by atoms with Gasteiger partial charge in [0.15, 0.2) is 0 Å². The van der Waals surface area contributed by atoms with E-state index < -0.39 is 0 Å². The Bertz CT molecular complexity index is 210. The molecule has 3 aliphatic carbocycles. The van der Waals surface area contributed by atoms with Crippen LogP contribution < -0.4 is 0 Å². The van der Waals surface area contributed by atoms with Crippen LogP contribution >= 0.6 is 0 Å². The largest absolute Gasteiger partial charge is 0.0651 e. The summed E-state index contributed by atoms with van der Waals surface area (Å²) < 4.78 is 0. The maximum atomic E-state index is 2.45. The van der Waals surface area contributed by atoms with Crippen LogP contribution in [0.25, 0.3) is 0 Å². The molecule has 1 spiro atoms. The normalized spacial score (nSPS) is 69.5. The first-order valence-electron chi connectivity index (χ1n) is 5.25. The Morgan fingerprint density at radius 2 is 2.09 bits per heavy atom. The third-order valence-corrected chi connectivity index (χ3v) is 5.28. The molecule has 0 aromatic carbocycles. The molecule has 0 N–H and O–H groups in total. The number of rotatable bonds is 2. The van der Waals surface area contributed by atoms with Crippen molar-refractivity contribution in [3.8, 4) is 0 Å². The Morgan fingerprint density at radius 1 is 1.36 bits per heavy atom. The van der Waals surface area contributed by atoms with Crippen molar-refractivity contribution in [3.05, 3.63) is 0 Å². The first-order valence-corrected chi connectivity index (χ1v) is 5.25. The molecule has 5 atom stereocenters. The lowest BCUT2D eigenvalue weighted by atomic mass is 9.69. The van der Waals surface area contributed by atoms with Gasteiger partial charge < -0.3 is 0 Å². The molecule has 0 nitrogen and oxygen atoms in total. The van der Waals surface area contributed by atoms with E-state index in [0.717, 1.165) is 22.7 Å². The highest BCUT2D eigenvalue weighted by atomic mass is 15.0. The predicted octanol–water partition coefficient (Wildman–Crippen LogP) is 3.08. The van der Waals surface area contributed by atoms with Gasteiger partial charge in [-0.3, -0.25) is 0 Å². The van der Waals surface area contributed by atoms with E-state index in [-0.39, 0.29) is 0 Å². The van der Waals surface area contributed by atoms with Gasteiger partial charge in [0, 0.05) is 0 Å². The molecule has 11 heavy (non-hydrogen) atoms. The van der Waals surface area contributed by atoms with Crippen LogP contribution in [0.3, 0.4) is 0 Å². The Balaban J connectivity index is 1.86. The van der Waals surface area contributed by atoms with E-state index in [0.29, 0.717) is 0 Å². The fourth-order valence-corrected chi connectivity index (χ4v) is 5.26. The van der Waals surface area contributed by atoms with E-state index >= 15 is 0 Å². The van der Waals surface area contributed by atoms with Crippen molar-refractivity contribution in [3.63, 3.8) is 0 Å². The molecule has 3 fully saturated rings. The Kier molecular flexibility index (Phi) is 0.832. The van der Waals surface area contributed by atoms with Gasteiger partial charge >= 0.3 is 0 Å².